The summed E-state index contributed by atoms with van der Waals surface area (Å²) >= 11 is 5.01. The summed E-state index contributed by atoms with van der Waals surface area (Å²) in [6.45, 7) is 2.31. The molecule has 5 nitrogen and oxygen atoms in total. The number of halogens is 1. The number of anilines is 1. The number of nitrogens with zero attached hydrogens (tertiary/aromatic N) is 2. The first kappa shape index (κ1) is 14.2. The zero-order valence-electron chi connectivity index (χ0n) is 11.3. The Bertz CT molecular complexity index is 790. The lowest BCUT2D eigenvalue weighted by molar-refractivity contribution is 0.296. The predicted molar refractivity (Wildman–Crippen MR) is 88.4 cm³/mol. The van der Waals surface area contributed by atoms with E-state index < -0.39 is 0 Å². The summed E-state index contributed by atoms with van der Waals surface area (Å²) in [6, 6.07) is 7.78. The quantitative estimate of drug-likeness (QED) is 0.546. The summed E-state index contributed by atoms with van der Waals surface area (Å²) in [5.74, 6) is 7.50. The molecule has 0 atom stereocenters. The third-order valence-corrected chi connectivity index (χ3v) is 4.70. The molecule has 2 heterocycles. The van der Waals surface area contributed by atoms with E-state index in [-0.39, 0.29) is 0 Å². The molecule has 108 valence electrons. The van der Waals surface area contributed by atoms with E-state index in [1.54, 1.807) is 11.3 Å². The lowest BCUT2D eigenvalue weighted by Gasteiger charge is -2.08. The van der Waals surface area contributed by atoms with Crippen LogP contribution in [0.1, 0.15) is 11.4 Å². The second-order valence-corrected chi connectivity index (χ2v) is 6.22. The van der Waals surface area contributed by atoms with E-state index in [0.29, 0.717) is 18.2 Å². The second-order valence-electron chi connectivity index (χ2n) is 4.47. The first-order valence-corrected chi connectivity index (χ1v) is 7.94. The number of hydrogen-bond acceptors (Lipinski definition) is 6. The molecule has 0 radical (unpaired) electrons. The zero-order valence-corrected chi connectivity index (χ0v) is 13.7. The monoisotopic (exact) mass is 364 g/mol. The minimum Gasteiger partial charge on any atom is -0.486 e. The van der Waals surface area contributed by atoms with Gasteiger partial charge in [0.05, 0.1) is 5.39 Å². The van der Waals surface area contributed by atoms with E-state index in [1.807, 2.05) is 36.6 Å². The molecule has 1 aromatic carbocycles. The number of ether oxygens (including phenoxy) is 1. The van der Waals surface area contributed by atoms with Gasteiger partial charge in [0.2, 0.25) is 0 Å². The van der Waals surface area contributed by atoms with Gasteiger partial charge in [-0.05, 0) is 42.1 Å². The fraction of sp³-hybridized carbons (Fsp3) is 0.143. The van der Waals surface area contributed by atoms with Gasteiger partial charge in [-0.2, -0.15) is 0 Å². The topological polar surface area (TPSA) is 73.1 Å². The van der Waals surface area contributed by atoms with E-state index >= 15 is 0 Å². The van der Waals surface area contributed by atoms with Crippen LogP contribution in [0, 0.1) is 6.92 Å². The molecule has 3 aromatic rings. The van der Waals surface area contributed by atoms with Crippen LogP contribution >= 0.6 is 27.3 Å². The molecule has 3 N–H and O–H groups in total. The standard InChI is InChI=1S/C14H13BrN4OS/c1-8-6-9(2-3-11(8)15)20-7-12-17-13(19-16)10-4-5-21-14(10)18-12/h2-6H,7,16H2,1H3,(H,17,18,19). The molecule has 3 rings (SSSR count). The molecule has 0 aliphatic carbocycles. The van der Waals surface area contributed by atoms with Gasteiger partial charge in [0.25, 0.3) is 0 Å². The Morgan fingerprint density at radius 1 is 1.33 bits per heavy atom. The highest BCUT2D eigenvalue weighted by Gasteiger charge is 2.08. The number of nitrogens with two attached hydrogens (primary N) is 1. The van der Waals surface area contributed by atoms with Crippen LogP contribution < -0.4 is 16.0 Å². The van der Waals surface area contributed by atoms with Gasteiger partial charge in [-0.3, -0.25) is 0 Å². The van der Waals surface area contributed by atoms with Gasteiger partial charge >= 0.3 is 0 Å². The maximum absolute atomic E-state index is 5.74. The number of nitrogen functional groups attached to an aromatic ring is 1. The number of hydrogen-bond donors (Lipinski definition) is 2. The van der Waals surface area contributed by atoms with Gasteiger partial charge in [0.15, 0.2) is 11.6 Å². The van der Waals surface area contributed by atoms with Crippen LogP contribution in [0.5, 0.6) is 5.75 Å². The van der Waals surface area contributed by atoms with Crippen LogP contribution in [0.25, 0.3) is 10.2 Å². The van der Waals surface area contributed by atoms with Crippen molar-refractivity contribution in [1.29, 1.82) is 0 Å². The first-order chi connectivity index (χ1) is 10.2. The summed E-state index contributed by atoms with van der Waals surface area (Å²) in [7, 11) is 0. The van der Waals surface area contributed by atoms with Gasteiger partial charge < -0.3 is 10.2 Å². The molecule has 21 heavy (non-hydrogen) atoms. The summed E-state index contributed by atoms with van der Waals surface area (Å²) in [5, 5.41) is 2.88. The molecule has 0 saturated carbocycles. The lowest BCUT2D eigenvalue weighted by atomic mass is 10.2. The fourth-order valence-electron chi connectivity index (χ4n) is 1.93. The van der Waals surface area contributed by atoms with Crippen molar-refractivity contribution < 1.29 is 4.74 Å². The van der Waals surface area contributed by atoms with Crippen molar-refractivity contribution in [2.45, 2.75) is 13.5 Å². The van der Waals surface area contributed by atoms with Gasteiger partial charge in [-0.1, -0.05) is 15.9 Å². The maximum atomic E-state index is 5.74. The molecular formula is C14H13BrN4OS. The van der Waals surface area contributed by atoms with E-state index in [1.165, 1.54) is 0 Å². The maximum Gasteiger partial charge on any atom is 0.169 e. The van der Waals surface area contributed by atoms with E-state index in [9.17, 15) is 0 Å². The minimum absolute atomic E-state index is 0.295. The molecule has 7 heteroatoms. The smallest absolute Gasteiger partial charge is 0.169 e. The lowest BCUT2D eigenvalue weighted by Crippen LogP contribution is -2.11. The van der Waals surface area contributed by atoms with Crippen molar-refractivity contribution in [3.05, 3.63) is 45.5 Å². The Morgan fingerprint density at radius 3 is 2.95 bits per heavy atom. The van der Waals surface area contributed by atoms with Crippen molar-refractivity contribution >= 4 is 43.3 Å². The molecular weight excluding hydrogens is 352 g/mol. The fourth-order valence-corrected chi connectivity index (χ4v) is 2.96. The Balaban J connectivity index is 1.82. The van der Waals surface area contributed by atoms with Crippen LogP contribution in [0.2, 0.25) is 0 Å². The predicted octanol–water partition coefficient (Wildman–Crippen LogP) is 3.63. The average Bonchev–Trinajstić information content (AvgIpc) is 2.96. The highest BCUT2D eigenvalue weighted by Crippen LogP contribution is 2.25. The normalized spacial score (nSPS) is 10.8. The number of thiophene rings is 1. The third-order valence-electron chi connectivity index (χ3n) is 3.01. The van der Waals surface area contributed by atoms with E-state index in [0.717, 1.165) is 26.0 Å². The van der Waals surface area contributed by atoms with Gasteiger partial charge in [0.1, 0.15) is 17.2 Å². The number of aromatic nitrogens is 2. The summed E-state index contributed by atoms with van der Waals surface area (Å²) in [6.07, 6.45) is 0. The zero-order chi connectivity index (χ0) is 14.8. The largest absolute Gasteiger partial charge is 0.486 e. The number of benzene rings is 1. The van der Waals surface area contributed by atoms with Gasteiger partial charge in [-0.25, -0.2) is 15.8 Å². The molecule has 0 fully saturated rings. The van der Waals surface area contributed by atoms with E-state index in [2.05, 4.69) is 31.3 Å². The summed E-state index contributed by atoms with van der Waals surface area (Å²) in [4.78, 5) is 9.74. The summed E-state index contributed by atoms with van der Waals surface area (Å²) in [5.41, 5.74) is 3.72. The van der Waals surface area contributed by atoms with Crippen molar-refractivity contribution in [2.24, 2.45) is 5.84 Å². The van der Waals surface area contributed by atoms with Crippen molar-refractivity contribution in [3.63, 3.8) is 0 Å². The Morgan fingerprint density at radius 2 is 2.19 bits per heavy atom. The Kier molecular flexibility index (Phi) is 4.05. The SMILES string of the molecule is Cc1cc(OCc2nc(NN)c3ccsc3n2)ccc1Br. The molecule has 2 aromatic heterocycles. The van der Waals surface area contributed by atoms with Gasteiger partial charge in [-0.15, -0.1) is 11.3 Å². The molecule has 0 bridgehead atoms. The van der Waals surface area contributed by atoms with Crippen molar-refractivity contribution in [3.8, 4) is 5.75 Å². The highest BCUT2D eigenvalue weighted by atomic mass is 79.9. The average molecular weight is 365 g/mol. The molecule has 0 unspecified atom stereocenters. The van der Waals surface area contributed by atoms with E-state index in [4.69, 9.17) is 10.6 Å². The van der Waals surface area contributed by atoms with Crippen LogP contribution in [0.3, 0.4) is 0 Å². The summed E-state index contributed by atoms with van der Waals surface area (Å²) < 4.78 is 6.80. The van der Waals surface area contributed by atoms with Crippen molar-refractivity contribution in [1.82, 2.24) is 9.97 Å². The molecule has 0 aliphatic heterocycles. The molecule has 0 saturated heterocycles. The Labute approximate surface area is 134 Å². The molecule has 0 spiro atoms. The van der Waals surface area contributed by atoms with Crippen molar-refractivity contribution in [2.75, 3.05) is 5.43 Å². The number of nitrogens with one attached hydrogen (secondary N) is 1. The number of aryl methyl sites for hydroxylation is 1. The number of fused-ring (bicyclic) bond motifs is 1. The second kappa shape index (κ2) is 5.97. The number of rotatable bonds is 4. The molecule has 0 amide bonds. The van der Waals surface area contributed by atoms with Crippen LogP contribution in [0.4, 0.5) is 5.82 Å². The number of hydrazine groups is 1. The molecule has 0 aliphatic rings. The van der Waals surface area contributed by atoms with Crippen LogP contribution in [-0.4, -0.2) is 9.97 Å². The third kappa shape index (κ3) is 2.99. The minimum atomic E-state index is 0.295. The first-order valence-electron chi connectivity index (χ1n) is 6.27. The van der Waals surface area contributed by atoms with Gasteiger partial charge in [0, 0.05) is 4.47 Å². The Hall–Kier alpha value is -1.70. The van der Waals surface area contributed by atoms with Crippen LogP contribution in [-0.2, 0) is 6.61 Å². The highest BCUT2D eigenvalue weighted by molar-refractivity contribution is 9.10. The van der Waals surface area contributed by atoms with Crippen LogP contribution in [0.15, 0.2) is 34.1 Å².